The number of hydrogen-bond acceptors (Lipinski definition) is 2. The van der Waals surface area contributed by atoms with Crippen molar-refractivity contribution >= 4 is 27.3 Å². The van der Waals surface area contributed by atoms with Crippen LogP contribution in [0.5, 0.6) is 0 Å². The predicted octanol–water partition coefficient (Wildman–Crippen LogP) is 6.63. The summed E-state index contributed by atoms with van der Waals surface area (Å²) in [5.41, 5.74) is 2.55. The van der Waals surface area contributed by atoms with Crippen LogP contribution in [-0.2, 0) is 16.4 Å². The number of nitrogens with zero attached hydrogens (tertiary/aromatic N) is 1. The minimum Gasteiger partial charge on any atom is -0.263 e. The Morgan fingerprint density at radius 2 is 1.78 bits per heavy atom. The lowest BCUT2D eigenvalue weighted by Gasteiger charge is -2.39. The quantitative estimate of drug-likeness (QED) is 0.415. The van der Waals surface area contributed by atoms with Gasteiger partial charge in [-0.1, -0.05) is 48.4 Å². The molecule has 0 aromatic heterocycles. The van der Waals surface area contributed by atoms with Gasteiger partial charge in [-0.3, -0.25) is 4.31 Å². The summed E-state index contributed by atoms with van der Waals surface area (Å²) >= 11 is 5.88. The summed E-state index contributed by atoms with van der Waals surface area (Å²) in [5, 5.41) is 0.309. The van der Waals surface area contributed by atoms with Crippen LogP contribution in [0.2, 0.25) is 5.02 Å². The zero-order valence-corrected chi connectivity index (χ0v) is 19.4. The molecular formula is C25H24ClF2NO2S. The molecule has 0 saturated carbocycles. The second kappa shape index (κ2) is 8.83. The highest BCUT2D eigenvalue weighted by Gasteiger charge is 2.37. The lowest BCUT2D eigenvalue weighted by molar-refractivity contribution is 0.481. The molecule has 0 amide bonds. The van der Waals surface area contributed by atoms with Gasteiger partial charge in [-0.05, 0) is 79.6 Å². The van der Waals surface area contributed by atoms with Gasteiger partial charge in [0, 0.05) is 11.1 Å². The molecule has 0 aliphatic carbocycles. The smallest absolute Gasteiger partial charge is 0.263 e. The Balaban J connectivity index is 1.76. The van der Waals surface area contributed by atoms with Crippen molar-refractivity contribution in [2.24, 2.45) is 0 Å². The van der Waals surface area contributed by atoms with Crippen LogP contribution in [0.25, 0.3) is 0 Å². The number of halogens is 3. The van der Waals surface area contributed by atoms with Gasteiger partial charge in [0.2, 0.25) is 0 Å². The van der Waals surface area contributed by atoms with Crippen LogP contribution in [0.3, 0.4) is 0 Å². The topological polar surface area (TPSA) is 37.4 Å². The lowest BCUT2D eigenvalue weighted by Crippen LogP contribution is -2.44. The number of rotatable bonds is 5. The molecular weight excluding hydrogens is 452 g/mol. The summed E-state index contributed by atoms with van der Waals surface area (Å²) < 4.78 is 57.5. The van der Waals surface area contributed by atoms with Crippen LogP contribution in [0.4, 0.5) is 14.5 Å². The normalized spacial score (nSPS) is 17.2. The molecule has 0 spiro atoms. The molecule has 0 fully saturated rings. The van der Waals surface area contributed by atoms with E-state index in [1.807, 2.05) is 13.8 Å². The molecule has 2 atom stereocenters. The zero-order valence-electron chi connectivity index (χ0n) is 17.9. The fraction of sp³-hybridized carbons (Fsp3) is 0.280. The second-order valence-corrected chi connectivity index (χ2v) is 10.6. The van der Waals surface area contributed by atoms with Crippen LogP contribution in [0.1, 0.15) is 42.4 Å². The van der Waals surface area contributed by atoms with E-state index in [9.17, 15) is 17.2 Å². The molecule has 32 heavy (non-hydrogen) atoms. The summed E-state index contributed by atoms with van der Waals surface area (Å²) in [6.07, 6.45) is 1.57. The third-order valence-electron chi connectivity index (χ3n) is 6.06. The van der Waals surface area contributed by atoms with Crippen molar-refractivity contribution in [2.45, 2.75) is 50.0 Å². The molecule has 1 aliphatic rings. The van der Waals surface area contributed by atoms with Gasteiger partial charge in [-0.2, -0.15) is 0 Å². The SMILES string of the molecule is Cc1ccc(S(=O)(=O)N2c3cc(F)ccc3CCC2CC(C)c2ccc(Cl)cc2F)cc1. The highest BCUT2D eigenvalue weighted by atomic mass is 35.5. The summed E-state index contributed by atoms with van der Waals surface area (Å²) in [6.45, 7) is 3.75. The molecule has 0 radical (unpaired) electrons. The van der Waals surface area contributed by atoms with Gasteiger partial charge in [0.25, 0.3) is 10.0 Å². The Hall–Kier alpha value is -2.44. The lowest BCUT2D eigenvalue weighted by atomic mass is 9.88. The maximum Gasteiger partial charge on any atom is 0.264 e. The maximum atomic E-state index is 14.5. The van der Waals surface area contributed by atoms with E-state index in [-0.39, 0.29) is 10.8 Å². The monoisotopic (exact) mass is 475 g/mol. The predicted molar refractivity (Wildman–Crippen MR) is 124 cm³/mol. The van der Waals surface area contributed by atoms with Gasteiger partial charge >= 0.3 is 0 Å². The average molecular weight is 476 g/mol. The Kier molecular flexibility index (Phi) is 6.28. The van der Waals surface area contributed by atoms with Gasteiger partial charge in [0.05, 0.1) is 10.6 Å². The van der Waals surface area contributed by atoms with E-state index < -0.39 is 27.7 Å². The summed E-state index contributed by atoms with van der Waals surface area (Å²) in [6, 6.07) is 15.0. The number of fused-ring (bicyclic) bond motifs is 1. The van der Waals surface area contributed by atoms with Crippen molar-refractivity contribution in [1.82, 2.24) is 0 Å². The third kappa shape index (κ3) is 4.39. The van der Waals surface area contributed by atoms with Crippen molar-refractivity contribution in [1.29, 1.82) is 0 Å². The average Bonchev–Trinajstić information content (AvgIpc) is 2.73. The summed E-state index contributed by atoms with van der Waals surface area (Å²) in [7, 11) is -3.95. The molecule has 2 unspecified atom stereocenters. The second-order valence-electron chi connectivity index (χ2n) is 8.38. The number of aryl methyl sites for hydroxylation is 2. The molecule has 168 valence electrons. The van der Waals surface area contributed by atoms with Gasteiger partial charge in [0.15, 0.2) is 0 Å². The molecule has 0 saturated heterocycles. The van der Waals surface area contributed by atoms with Crippen LogP contribution < -0.4 is 4.31 Å². The maximum absolute atomic E-state index is 14.5. The van der Waals surface area contributed by atoms with Crippen LogP contribution in [0.15, 0.2) is 65.6 Å². The molecule has 1 aliphatic heterocycles. The number of anilines is 1. The first kappa shape index (κ1) is 22.7. The first-order chi connectivity index (χ1) is 15.2. The molecule has 3 aromatic rings. The molecule has 4 rings (SSSR count). The van der Waals surface area contributed by atoms with E-state index >= 15 is 0 Å². The van der Waals surface area contributed by atoms with Gasteiger partial charge < -0.3 is 0 Å². The summed E-state index contributed by atoms with van der Waals surface area (Å²) in [4.78, 5) is 0.149. The minimum atomic E-state index is -3.95. The molecule has 7 heteroatoms. The fourth-order valence-electron chi connectivity index (χ4n) is 4.39. The number of benzene rings is 3. The van der Waals surface area contributed by atoms with E-state index in [4.69, 9.17) is 11.6 Å². The Morgan fingerprint density at radius 1 is 1.06 bits per heavy atom. The summed E-state index contributed by atoms with van der Waals surface area (Å²) in [5.74, 6) is -1.17. The van der Waals surface area contributed by atoms with Crippen LogP contribution in [-0.4, -0.2) is 14.5 Å². The fourth-order valence-corrected chi connectivity index (χ4v) is 6.27. The van der Waals surface area contributed by atoms with Crippen molar-refractivity contribution < 1.29 is 17.2 Å². The Morgan fingerprint density at radius 3 is 2.47 bits per heavy atom. The van der Waals surface area contributed by atoms with Crippen molar-refractivity contribution in [3.05, 3.63) is 94.0 Å². The molecule has 0 N–H and O–H groups in total. The van der Waals surface area contributed by atoms with E-state index in [1.54, 1.807) is 42.5 Å². The van der Waals surface area contributed by atoms with Gasteiger partial charge in [0.1, 0.15) is 11.6 Å². The van der Waals surface area contributed by atoms with Gasteiger partial charge in [-0.15, -0.1) is 0 Å². The van der Waals surface area contributed by atoms with Crippen molar-refractivity contribution in [3.63, 3.8) is 0 Å². The van der Waals surface area contributed by atoms with E-state index in [0.29, 0.717) is 35.5 Å². The van der Waals surface area contributed by atoms with E-state index in [2.05, 4.69) is 0 Å². The first-order valence-electron chi connectivity index (χ1n) is 10.5. The molecule has 3 aromatic carbocycles. The van der Waals surface area contributed by atoms with Gasteiger partial charge in [-0.25, -0.2) is 17.2 Å². The standard InChI is InChI=1S/C25H24ClF2NO2S/c1-16-3-10-22(11-4-16)32(30,31)29-21(9-6-18-5-8-20(27)15-25(18)29)13-17(2)23-12-7-19(26)14-24(23)28/h3-5,7-8,10-12,14-15,17,21H,6,9,13H2,1-2H3. The largest absolute Gasteiger partial charge is 0.264 e. The van der Waals surface area contributed by atoms with Crippen molar-refractivity contribution in [3.8, 4) is 0 Å². The molecule has 1 heterocycles. The van der Waals surface area contributed by atoms with Crippen LogP contribution in [0, 0.1) is 18.6 Å². The van der Waals surface area contributed by atoms with E-state index in [1.165, 1.54) is 22.5 Å². The minimum absolute atomic E-state index is 0.149. The zero-order chi connectivity index (χ0) is 23.0. The highest BCUT2D eigenvalue weighted by Crippen LogP contribution is 2.39. The molecule has 3 nitrogen and oxygen atoms in total. The van der Waals surface area contributed by atoms with Crippen LogP contribution >= 0.6 is 11.6 Å². The number of hydrogen-bond donors (Lipinski definition) is 0. The molecule has 0 bridgehead atoms. The number of sulfonamides is 1. The Labute approximate surface area is 192 Å². The Bertz CT molecular complexity index is 1250. The highest BCUT2D eigenvalue weighted by molar-refractivity contribution is 7.92. The van der Waals surface area contributed by atoms with Crippen molar-refractivity contribution in [2.75, 3.05) is 4.31 Å². The van der Waals surface area contributed by atoms with E-state index in [0.717, 1.165) is 11.1 Å². The first-order valence-corrected chi connectivity index (χ1v) is 12.3. The third-order valence-corrected chi connectivity index (χ3v) is 8.18.